The lowest BCUT2D eigenvalue weighted by Gasteiger charge is -2.32. The molecule has 0 saturated carbocycles. The van der Waals surface area contributed by atoms with E-state index in [4.69, 9.17) is 14.0 Å². The second-order valence-electron chi connectivity index (χ2n) is 7.41. The van der Waals surface area contributed by atoms with Gasteiger partial charge in [0.25, 0.3) is 0 Å². The lowest BCUT2D eigenvalue weighted by Crippen LogP contribution is -2.41. The number of hydrogen-bond acceptors (Lipinski definition) is 5. The van der Waals surface area contributed by atoms with Crippen molar-refractivity contribution in [3.05, 3.63) is 23.9 Å². The van der Waals surface area contributed by atoms with Crippen molar-refractivity contribution in [1.82, 2.24) is 9.78 Å². The molecule has 0 amide bonds. The van der Waals surface area contributed by atoms with Gasteiger partial charge in [0.2, 0.25) is 0 Å². The van der Waals surface area contributed by atoms with Gasteiger partial charge in [-0.2, -0.15) is 5.10 Å². The topological polar surface area (TPSA) is 62.6 Å². The zero-order chi connectivity index (χ0) is 18.4. The van der Waals surface area contributed by atoms with Crippen LogP contribution in [0, 0.1) is 0 Å². The molecule has 6 nitrogen and oxygen atoms in total. The van der Waals surface area contributed by atoms with E-state index in [2.05, 4.69) is 12.0 Å². The Kier molecular flexibility index (Phi) is 4.41. The maximum absolute atomic E-state index is 12.5. The number of esters is 1. The summed E-state index contributed by atoms with van der Waals surface area (Å²) in [6.45, 7) is 10.8. The fourth-order valence-corrected chi connectivity index (χ4v) is 3.06. The number of hydrogen-bond donors (Lipinski definition) is 0. The quantitative estimate of drug-likeness (QED) is 0.630. The largest absolute Gasteiger partial charge is 0.495 e. The molecule has 0 spiro atoms. The van der Waals surface area contributed by atoms with Gasteiger partial charge in [-0.1, -0.05) is 13.0 Å². The average Bonchev–Trinajstić information content (AvgIpc) is 3.04. The van der Waals surface area contributed by atoms with Gasteiger partial charge >= 0.3 is 13.1 Å². The van der Waals surface area contributed by atoms with E-state index in [0.29, 0.717) is 11.0 Å². The molecule has 3 rings (SSSR count). The number of aromatic nitrogens is 2. The number of ether oxygens (including phenoxy) is 1. The van der Waals surface area contributed by atoms with Crippen molar-refractivity contribution in [2.75, 3.05) is 7.11 Å². The summed E-state index contributed by atoms with van der Waals surface area (Å²) < 4.78 is 19.2. The maximum atomic E-state index is 12.5. The Morgan fingerprint density at radius 3 is 2.44 bits per heavy atom. The summed E-state index contributed by atoms with van der Waals surface area (Å²) in [5, 5.41) is 5.17. The van der Waals surface area contributed by atoms with Crippen LogP contribution in [0.1, 0.15) is 51.4 Å². The molecule has 1 aliphatic rings. The van der Waals surface area contributed by atoms with E-state index in [0.717, 1.165) is 23.9 Å². The van der Waals surface area contributed by atoms with E-state index < -0.39 is 24.3 Å². The first-order valence-electron chi connectivity index (χ1n) is 8.64. The highest BCUT2D eigenvalue weighted by atomic mass is 16.7. The number of methoxy groups -OCH3 is 1. The van der Waals surface area contributed by atoms with Gasteiger partial charge in [0.05, 0.1) is 35.6 Å². The van der Waals surface area contributed by atoms with Crippen molar-refractivity contribution in [3.8, 4) is 0 Å². The molecule has 0 aliphatic carbocycles. The van der Waals surface area contributed by atoms with Crippen LogP contribution in [0.15, 0.2) is 18.3 Å². The van der Waals surface area contributed by atoms with Crippen molar-refractivity contribution < 1.29 is 18.8 Å². The highest BCUT2D eigenvalue weighted by Gasteiger charge is 2.52. The molecule has 1 fully saturated rings. The molecule has 0 bridgehead atoms. The zero-order valence-corrected chi connectivity index (χ0v) is 15.8. The number of aryl methyl sites for hydroxylation is 1. The summed E-state index contributed by atoms with van der Waals surface area (Å²) >= 11 is 0. The summed E-state index contributed by atoms with van der Waals surface area (Å²) in [5.41, 5.74) is 1.08. The van der Waals surface area contributed by atoms with Crippen molar-refractivity contribution in [2.45, 2.75) is 58.8 Å². The van der Waals surface area contributed by atoms with Crippen molar-refractivity contribution in [2.24, 2.45) is 0 Å². The molecule has 1 aliphatic heterocycles. The summed E-state index contributed by atoms with van der Waals surface area (Å²) in [5.74, 6) is -0.411. The molecular weight excluding hydrogens is 319 g/mol. The van der Waals surface area contributed by atoms with Gasteiger partial charge in [0.1, 0.15) is 0 Å². The third kappa shape index (κ3) is 2.85. The lowest BCUT2D eigenvalue weighted by atomic mass is 9.75. The molecule has 2 aromatic rings. The molecule has 0 N–H and O–H groups in total. The molecule has 7 heteroatoms. The molecule has 2 heterocycles. The number of rotatable bonds is 4. The Morgan fingerprint density at radius 2 is 1.88 bits per heavy atom. The predicted molar refractivity (Wildman–Crippen MR) is 97.1 cm³/mol. The highest BCUT2D eigenvalue weighted by molar-refractivity contribution is 6.64. The second-order valence-corrected chi connectivity index (χ2v) is 7.41. The number of benzene rings is 1. The van der Waals surface area contributed by atoms with Crippen molar-refractivity contribution in [3.63, 3.8) is 0 Å². The Bertz CT molecular complexity index is 797. The van der Waals surface area contributed by atoms with Crippen molar-refractivity contribution >= 4 is 29.5 Å². The highest BCUT2D eigenvalue weighted by Crippen LogP contribution is 2.37. The molecule has 25 heavy (non-hydrogen) atoms. The Morgan fingerprint density at radius 1 is 1.24 bits per heavy atom. The third-order valence-electron chi connectivity index (χ3n) is 5.19. The van der Waals surface area contributed by atoms with Gasteiger partial charge in [-0.15, -0.1) is 0 Å². The first kappa shape index (κ1) is 18.0. The van der Waals surface area contributed by atoms with Crippen LogP contribution in [-0.2, 0) is 20.6 Å². The number of fused-ring (bicyclic) bond motifs is 1. The molecule has 1 saturated heterocycles. The second kappa shape index (κ2) is 6.14. The van der Waals surface area contributed by atoms with Crippen LogP contribution in [0.5, 0.6) is 0 Å². The number of nitrogens with zero attached hydrogens (tertiary/aromatic N) is 2. The minimum atomic E-state index is -0.627. The molecule has 1 aromatic carbocycles. The standard InChI is InChI=1S/C18H25BN2O4/c1-7-10-21-14-9-8-13(15(16(22)23-6)12(14)11-20-21)19-24-17(2,3)18(4,5)25-19/h8-9,11H,7,10H2,1-6H3. The summed E-state index contributed by atoms with van der Waals surface area (Å²) in [7, 11) is 0.754. The van der Waals surface area contributed by atoms with Gasteiger partial charge in [-0.25, -0.2) is 4.79 Å². The minimum absolute atomic E-state index is 0.411. The molecule has 0 atom stereocenters. The summed E-state index contributed by atoms with van der Waals surface area (Å²) in [4.78, 5) is 12.5. The van der Waals surface area contributed by atoms with E-state index in [1.165, 1.54) is 7.11 Å². The Labute approximate surface area is 148 Å². The number of carbonyl (C=O) groups excluding carboxylic acids is 1. The van der Waals surface area contributed by atoms with Crippen LogP contribution in [0.2, 0.25) is 0 Å². The van der Waals surface area contributed by atoms with E-state index in [1.54, 1.807) is 6.20 Å². The number of carbonyl (C=O) groups is 1. The van der Waals surface area contributed by atoms with Crippen LogP contribution in [-0.4, -0.2) is 41.2 Å². The first-order valence-corrected chi connectivity index (χ1v) is 8.64. The van der Waals surface area contributed by atoms with E-state index in [1.807, 2.05) is 44.5 Å². The monoisotopic (exact) mass is 344 g/mol. The summed E-state index contributed by atoms with van der Waals surface area (Å²) in [6.07, 6.45) is 2.68. The van der Waals surface area contributed by atoms with Crippen LogP contribution in [0.3, 0.4) is 0 Å². The normalized spacial score (nSPS) is 18.7. The molecule has 1 aromatic heterocycles. The third-order valence-corrected chi connectivity index (χ3v) is 5.19. The van der Waals surface area contributed by atoms with Gasteiger partial charge in [0, 0.05) is 11.9 Å². The van der Waals surface area contributed by atoms with Crippen LogP contribution < -0.4 is 5.46 Å². The van der Waals surface area contributed by atoms with Gasteiger partial charge in [-0.05, 0) is 45.6 Å². The Hall–Kier alpha value is -1.86. The van der Waals surface area contributed by atoms with Crippen LogP contribution >= 0.6 is 0 Å². The predicted octanol–water partition coefficient (Wildman–Crippen LogP) is 2.53. The molecule has 0 unspecified atom stereocenters. The molecule has 0 radical (unpaired) electrons. The summed E-state index contributed by atoms with van der Waals surface area (Å²) in [6, 6.07) is 3.84. The van der Waals surface area contributed by atoms with E-state index in [9.17, 15) is 4.79 Å². The minimum Gasteiger partial charge on any atom is -0.465 e. The smallest absolute Gasteiger partial charge is 0.465 e. The maximum Gasteiger partial charge on any atom is 0.495 e. The van der Waals surface area contributed by atoms with E-state index in [-0.39, 0.29) is 0 Å². The fraction of sp³-hybridized carbons (Fsp3) is 0.556. The molecule has 134 valence electrons. The SMILES string of the molecule is CCCn1ncc2c(C(=O)OC)c(B3OC(C)(C)C(C)(C)O3)ccc21. The van der Waals surface area contributed by atoms with E-state index >= 15 is 0 Å². The van der Waals surface area contributed by atoms with Crippen molar-refractivity contribution in [1.29, 1.82) is 0 Å². The van der Waals surface area contributed by atoms with Crippen LogP contribution in [0.4, 0.5) is 0 Å². The fourth-order valence-electron chi connectivity index (χ4n) is 3.06. The van der Waals surface area contributed by atoms with Crippen LogP contribution in [0.25, 0.3) is 10.9 Å². The zero-order valence-electron chi connectivity index (χ0n) is 15.8. The average molecular weight is 344 g/mol. The van der Waals surface area contributed by atoms with Gasteiger partial charge in [0.15, 0.2) is 0 Å². The van der Waals surface area contributed by atoms with Gasteiger partial charge in [-0.3, -0.25) is 4.68 Å². The van der Waals surface area contributed by atoms with Gasteiger partial charge < -0.3 is 14.0 Å². The first-order chi connectivity index (χ1) is 11.7. The molecular formula is C18H25BN2O4. The lowest BCUT2D eigenvalue weighted by molar-refractivity contribution is 0.00578. The Balaban J connectivity index is 2.14.